The maximum atomic E-state index is 11.5. The van der Waals surface area contributed by atoms with Crippen LogP contribution in [0.4, 0.5) is 0 Å². The van der Waals surface area contributed by atoms with Crippen molar-refractivity contribution in [2.75, 3.05) is 30.5 Å². The molecule has 0 aromatic heterocycles. The molecular weight excluding hydrogens is 246 g/mol. The minimum atomic E-state index is -2.83. The fourth-order valence-electron chi connectivity index (χ4n) is 1.89. The average Bonchev–Trinajstić information content (AvgIpc) is 2.19. The molecule has 96 valence electrons. The predicted molar refractivity (Wildman–Crippen MR) is 68.9 cm³/mol. The fourth-order valence-corrected chi connectivity index (χ4v) is 2.81. The van der Waals surface area contributed by atoms with Crippen molar-refractivity contribution in [1.29, 1.82) is 0 Å². The van der Waals surface area contributed by atoms with Crippen LogP contribution in [0.15, 0.2) is 0 Å². The van der Waals surface area contributed by atoms with E-state index in [9.17, 15) is 8.42 Å². The van der Waals surface area contributed by atoms with Crippen molar-refractivity contribution >= 4 is 21.4 Å². The zero-order valence-corrected chi connectivity index (χ0v) is 11.6. The van der Waals surface area contributed by atoms with Crippen LogP contribution in [0.3, 0.4) is 0 Å². The van der Waals surface area contributed by atoms with E-state index in [1.54, 1.807) is 6.92 Å². The Labute approximate surface area is 104 Å². The summed E-state index contributed by atoms with van der Waals surface area (Å²) >= 11 is 5.68. The average molecular weight is 268 g/mol. The van der Waals surface area contributed by atoms with Crippen LogP contribution in [0, 0.1) is 0 Å². The molecule has 1 fully saturated rings. The molecule has 0 N–H and O–H groups in total. The van der Waals surface area contributed by atoms with E-state index in [-0.39, 0.29) is 5.75 Å². The highest BCUT2D eigenvalue weighted by atomic mass is 35.5. The fraction of sp³-hybridized carbons (Fsp3) is 1.00. The Hall–Kier alpha value is 0.200. The van der Waals surface area contributed by atoms with Crippen LogP contribution in [-0.4, -0.2) is 49.8 Å². The van der Waals surface area contributed by atoms with Crippen molar-refractivity contribution in [3.63, 3.8) is 0 Å². The zero-order chi connectivity index (χ0) is 12.0. The number of sulfone groups is 1. The highest BCUT2D eigenvalue weighted by molar-refractivity contribution is 7.91. The number of hydrogen-bond acceptors (Lipinski definition) is 3. The molecular formula is C11H22ClNO2S. The van der Waals surface area contributed by atoms with Crippen molar-refractivity contribution in [2.45, 2.75) is 38.6 Å². The largest absolute Gasteiger partial charge is 0.299 e. The van der Waals surface area contributed by atoms with Gasteiger partial charge in [-0.3, -0.25) is 4.90 Å². The van der Waals surface area contributed by atoms with Crippen molar-refractivity contribution in [1.82, 2.24) is 4.90 Å². The highest BCUT2D eigenvalue weighted by Gasteiger charge is 2.25. The standard InChI is InChI=1S/C11H22ClNO2S/c1-2-16(14,15)10-9-13(8-4-7-12)11-5-3-6-11/h11H,2-10H2,1H3. The number of halogens is 1. The van der Waals surface area contributed by atoms with E-state index < -0.39 is 9.84 Å². The summed E-state index contributed by atoms with van der Waals surface area (Å²) in [4.78, 5) is 2.30. The van der Waals surface area contributed by atoms with Gasteiger partial charge in [0.2, 0.25) is 0 Å². The van der Waals surface area contributed by atoms with E-state index >= 15 is 0 Å². The van der Waals surface area contributed by atoms with E-state index in [2.05, 4.69) is 4.90 Å². The predicted octanol–water partition coefficient (Wildman–Crippen LogP) is 1.90. The molecule has 0 aromatic rings. The van der Waals surface area contributed by atoms with Crippen molar-refractivity contribution < 1.29 is 8.42 Å². The molecule has 0 unspecified atom stereocenters. The first kappa shape index (κ1) is 14.3. The first-order valence-electron chi connectivity index (χ1n) is 6.09. The molecule has 5 heteroatoms. The van der Waals surface area contributed by atoms with E-state index in [0.717, 1.165) is 13.0 Å². The molecule has 1 aliphatic rings. The van der Waals surface area contributed by atoms with Gasteiger partial charge in [0, 0.05) is 24.2 Å². The minimum Gasteiger partial charge on any atom is -0.299 e. The summed E-state index contributed by atoms with van der Waals surface area (Å²) < 4.78 is 22.9. The van der Waals surface area contributed by atoms with Crippen molar-refractivity contribution in [3.05, 3.63) is 0 Å². The van der Waals surface area contributed by atoms with Gasteiger partial charge in [-0.05, 0) is 25.8 Å². The molecule has 0 saturated heterocycles. The Morgan fingerprint density at radius 2 is 2.00 bits per heavy atom. The van der Waals surface area contributed by atoms with E-state index in [0.29, 0.717) is 24.2 Å². The molecule has 0 radical (unpaired) electrons. The molecule has 1 rings (SSSR count). The lowest BCUT2D eigenvalue weighted by Crippen LogP contribution is -2.43. The van der Waals surface area contributed by atoms with Gasteiger partial charge in [0.15, 0.2) is 9.84 Å². The Bertz CT molecular complexity index is 288. The Kier molecular flexibility index (Phi) is 6.08. The summed E-state index contributed by atoms with van der Waals surface area (Å²) in [6.45, 7) is 3.33. The van der Waals surface area contributed by atoms with Crippen LogP contribution in [0.2, 0.25) is 0 Å². The van der Waals surface area contributed by atoms with Crippen LogP contribution >= 0.6 is 11.6 Å². The van der Waals surface area contributed by atoms with Crippen LogP contribution in [0.1, 0.15) is 32.6 Å². The van der Waals surface area contributed by atoms with Gasteiger partial charge in [-0.1, -0.05) is 13.3 Å². The second kappa shape index (κ2) is 6.82. The van der Waals surface area contributed by atoms with Gasteiger partial charge in [-0.2, -0.15) is 0 Å². The first-order chi connectivity index (χ1) is 7.59. The van der Waals surface area contributed by atoms with Crippen LogP contribution in [0.25, 0.3) is 0 Å². The van der Waals surface area contributed by atoms with Gasteiger partial charge in [-0.25, -0.2) is 8.42 Å². The van der Waals surface area contributed by atoms with Gasteiger partial charge < -0.3 is 0 Å². The second-order valence-electron chi connectivity index (χ2n) is 4.40. The summed E-state index contributed by atoms with van der Waals surface area (Å²) in [5.41, 5.74) is 0. The number of alkyl halides is 1. The van der Waals surface area contributed by atoms with Crippen LogP contribution < -0.4 is 0 Å². The normalized spacial score (nSPS) is 17.7. The lowest BCUT2D eigenvalue weighted by atomic mass is 9.91. The molecule has 0 bridgehead atoms. The molecule has 0 atom stereocenters. The molecule has 0 heterocycles. The first-order valence-corrected chi connectivity index (χ1v) is 8.45. The molecule has 3 nitrogen and oxygen atoms in total. The van der Waals surface area contributed by atoms with Crippen molar-refractivity contribution in [3.8, 4) is 0 Å². The summed E-state index contributed by atoms with van der Waals surface area (Å²) in [6, 6.07) is 0.607. The molecule has 16 heavy (non-hydrogen) atoms. The lowest BCUT2D eigenvalue weighted by Gasteiger charge is -2.37. The third-order valence-electron chi connectivity index (χ3n) is 3.30. The third-order valence-corrected chi connectivity index (χ3v) is 5.25. The zero-order valence-electron chi connectivity index (χ0n) is 9.99. The molecule has 0 aliphatic heterocycles. The Morgan fingerprint density at radius 1 is 1.31 bits per heavy atom. The maximum Gasteiger partial charge on any atom is 0.151 e. The highest BCUT2D eigenvalue weighted by Crippen LogP contribution is 2.24. The molecule has 0 aromatic carbocycles. The molecule has 1 saturated carbocycles. The van der Waals surface area contributed by atoms with Gasteiger partial charge in [0.25, 0.3) is 0 Å². The summed E-state index contributed by atoms with van der Waals surface area (Å²) in [6.07, 6.45) is 4.66. The van der Waals surface area contributed by atoms with E-state index in [1.165, 1.54) is 19.3 Å². The Morgan fingerprint density at radius 3 is 2.44 bits per heavy atom. The lowest BCUT2D eigenvalue weighted by molar-refractivity contribution is 0.135. The summed E-state index contributed by atoms with van der Waals surface area (Å²) in [5.74, 6) is 1.20. The summed E-state index contributed by atoms with van der Waals surface area (Å²) in [7, 11) is -2.83. The molecule has 0 spiro atoms. The summed E-state index contributed by atoms with van der Waals surface area (Å²) in [5, 5.41) is 0. The van der Waals surface area contributed by atoms with Crippen LogP contribution in [-0.2, 0) is 9.84 Å². The maximum absolute atomic E-state index is 11.5. The second-order valence-corrected chi connectivity index (χ2v) is 7.25. The van der Waals surface area contributed by atoms with Crippen LogP contribution in [0.5, 0.6) is 0 Å². The van der Waals surface area contributed by atoms with Crippen molar-refractivity contribution in [2.24, 2.45) is 0 Å². The SMILES string of the molecule is CCS(=O)(=O)CCN(CCCCl)C1CCC1. The molecule has 0 amide bonds. The number of nitrogens with zero attached hydrogens (tertiary/aromatic N) is 1. The number of hydrogen-bond donors (Lipinski definition) is 0. The molecule has 1 aliphatic carbocycles. The third kappa shape index (κ3) is 4.60. The minimum absolute atomic E-state index is 0.251. The van der Waals surface area contributed by atoms with E-state index in [1.807, 2.05) is 0 Å². The monoisotopic (exact) mass is 267 g/mol. The van der Waals surface area contributed by atoms with Gasteiger partial charge >= 0.3 is 0 Å². The quantitative estimate of drug-likeness (QED) is 0.631. The van der Waals surface area contributed by atoms with E-state index in [4.69, 9.17) is 11.6 Å². The topological polar surface area (TPSA) is 37.4 Å². The Balaban J connectivity index is 2.37. The number of rotatable bonds is 8. The van der Waals surface area contributed by atoms with Gasteiger partial charge in [-0.15, -0.1) is 11.6 Å². The smallest absolute Gasteiger partial charge is 0.151 e. The van der Waals surface area contributed by atoms with Gasteiger partial charge in [0.05, 0.1) is 5.75 Å². The van der Waals surface area contributed by atoms with Gasteiger partial charge in [0.1, 0.15) is 0 Å².